The molecule has 0 spiro atoms. The molecule has 1 heteroatoms. The molecule has 0 saturated heterocycles. The van der Waals surface area contributed by atoms with Crippen LogP contribution in [0, 0.1) is 76.9 Å². The van der Waals surface area contributed by atoms with Gasteiger partial charge in [0.05, 0.1) is 0 Å². The fourth-order valence-electron chi connectivity index (χ4n) is 10.0. The maximum Gasteiger partial charge on any atom is 0.0464 e. The first-order chi connectivity index (χ1) is 7.93. The van der Waals surface area contributed by atoms with E-state index in [0.717, 1.165) is 41.4 Å². The minimum absolute atomic E-state index is 0.531. The normalized spacial score (nSPS) is 90.2. The summed E-state index contributed by atoms with van der Waals surface area (Å²) in [7, 11) is 0. The third-order valence-corrected chi connectivity index (χ3v) is 9.05. The summed E-state index contributed by atoms with van der Waals surface area (Å²) in [5.41, 5.74) is 0. The molecule has 8 saturated carbocycles. The quantitative estimate of drug-likeness (QED) is 0.701. The fourth-order valence-corrected chi connectivity index (χ4v) is 10.0. The van der Waals surface area contributed by atoms with Crippen LogP contribution in [0.1, 0.15) is 6.42 Å². The van der Waals surface area contributed by atoms with Crippen LogP contribution in [-0.4, -0.2) is 11.7 Å². The first kappa shape index (κ1) is 7.41. The second kappa shape index (κ2) is 1.74. The summed E-state index contributed by atoms with van der Waals surface area (Å²) in [4.78, 5) is 0. The Morgan fingerprint density at radius 1 is 0.625 bits per heavy atom. The molecule has 0 radical (unpaired) electrons. The van der Waals surface area contributed by atoms with E-state index < -0.39 is 0 Å². The van der Waals surface area contributed by atoms with E-state index in [9.17, 15) is 5.11 Å². The van der Waals surface area contributed by atoms with Crippen molar-refractivity contribution in [2.24, 2.45) is 76.9 Å². The van der Waals surface area contributed by atoms with Gasteiger partial charge >= 0.3 is 0 Å². The largest absolute Gasteiger partial charge is 0.396 e. The summed E-state index contributed by atoms with van der Waals surface area (Å²) >= 11 is 0. The van der Waals surface area contributed by atoms with Crippen LogP contribution in [-0.2, 0) is 0 Å². The molecule has 84 valence electrons. The molecule has 1 N–H and O–H groups in total. The number of hydrogen-bond donors (Lipinski definition) is 1. The fraction of sp³-hybridized carbons (Fsp3) is 1.00. The van der Waals surface area contributed by atoms with Crippen molar-refractivity contribution < 1.29 is 5.11 Å². The van der Waals surface area contributed by atoms with Crippen molar-refractivity contribution in [3.63, 3.8) is 0 Å². The Balaban J connectivity index is 1.63. The SMILES string of the molecule is OCC1C2[C@@H]3[C@H]4C5CC6[C@H]4[C@H]2[C@H]2C1[C@H]3[C@H]5[C@H]62. The van der Waals surface area contributed by atoms with Gasteiger partial charge in [-0.25, -0.2) is 0 Å². The molecule has 0 aromatic rings. The van der Waals surface area contributed by atoms with Gasteiger partial charge in [-0.3, -0.25) is 0 Å². The van der Waals surface area contributed by atoms with Gasteiger partial charge in [0.25, 0.3) is 0 Å². The van der Waals surface area contributed by atoms with Crippen molar-refractivity contribution in [3.8, 4) is 0 Å². The number of aliphatic hydroxyl groups is 1. The highest BCUT2D eigenvalue weighted by atomic mass is 16.3. The molecular weight excluding hydrogens is 196 g/mol. The highest BCUT2D eigenvalue weighted by Gasteiger charge is 2.90. The smallest absolute Gasteiger partial charge is 0.0464 e. The average molecular weight is 214 g/mol. The van der Waals surface area contributed by atoms with E-state index >= 15 is 0 Å². The molecule has 8 aliphatic rings. The molecule has 4 bridgehead atoms. The minimum atomic E-state index is 0.531. The second-order valence-corrected chi connectivity index (χ2v) is 8.18. The lowest BCUT2D eigenvalue weighted by Crippen LogP contribution is -2.21. The molecule has 0 aliphatic heterocycles. The van der Waals surface area contributed by atoms with Gasteiger partial charge < -0.3 is 5.11 Å². The predicted octanol–water partition coefficient (Wildman–Crippen LogP) is 1.47. The van der Waals surface area contributed by atoms with E-state index in [-0.39, 0.29) is 0 Å². The molecule has 0 aromatic heterocycles. The number of hydrogen-bond acceptors (Lipinski definition) is 1. The third kappa shape index (κ3) is 0.386. The van der Waals surface area contributed by atoms with Crippen LogP contribution >= 0.6 is 0 Å². The zero-order valence-corrected chi connectivity index (χ0v) is 9.37. The highest BCUT2D eigenvalue weighted by molar-refractivity contribution is 5.37. The molecule has 8 fully saturated rings. The van der Waals surface area contributed by atoms with E-state index in [0.29, 0.717) is 6.61 Å². The lowest BCUT2D eigenvalue weighted by atomic mass is 9.80. The topological polar surface area (TPSA) is 20.2 Å². The van der Waals surface area contributed by atoms with Crippen LogP contribution in [0.3, 0.4) is 0 Å². The lowest BCUT2D eigenvalue weighted by Gasteiger charge is -2.25. The molecule has 0 heterocycles. The van der Waals surface area contributed by atoms with Crippen molar-refractivity contribution >= 4 is 0 Å². The van der Waals surface area contributed by atoms with Gasteiger partial charge in [-0.2, -0.15) is 0 Å². The summed E-state index contributed by atoms with van der Waals surface area (Å²) in [6, 6.07) is 0. The number of rotatable bonds is 1. The van der Waals surface area contributed by atoms with Gasteiger partial charge in [0.1, 0.15) is 0 Å². The Hall–Kier alpha value is -0.0400. The monoisotopic (exact) mass is 214 g/mol. The summed E-state index contributed by atoms with van der Waals surface area (Å²) in [6.07, 6.45) is 1.65. The average Bonchev–Trinajstić information content (AvgIpc) is 2.96. The first-order valence-corrected chi connectivity index (χ1v) is 7.54. The number of aliphatic hydroxyl groups excluding tert-OH is 1. The summed E-state index contributed by atoms with van der Waals surface area (Å²) in [5.74, 6) is 14.4. The standard InChI is InChI=1S/C15H18O/c16-2-5-10-12-6-3-1-4-8(6)14(10)15-9(4)7(3)13(12)11(5)15/h3-16H,1-2H2/t3?,4?,5?,6-,7+,8+,9-,10?,11?,12-,13-,14+,15-/m1/s1. The molecule has 5 unspecified atom stereocenters. The van der Waals surface area contributed by atoms with E-state index in [2.05, 4.69) is 0 Å². The van der Waals surface area contributed by atoms with Crippen molar-refractivity contribution in [3.05, 3.63) is 0 Å². The van der Waals surface area contributed by atoms with Crippen LogP contribution in [0.4, 0.5) is 0 Å². The molecule has 1 nitrogen and oxygen atoms in total. The van der Waals surface area contributed by atoms with E-state index in [1.807, 2.05) is 0 Å². The molecule has 8 rings (SSSR count). The van der Waals surface area contributed by atoms with Crippen molar-refractivity contribution in [1.82, 2.24) is 0 Å². The molecule has 8 aliphatic carbocycles. The lowest BCUT2D eigenvalue weighted by molar-refractivity contribution is 0.172. The first-order valence-electron chi connectivity index (χ1n) is 7.54. The van der Waals surface area contributed by atoms with Gasteiger partial charge in [0.2, 0.25) is 0 Å². The molecule has 16 heavy (non-hydrogen) atoms. The van der Waals surface area contributed by atoms with E-state index in [1.54, 1.807) is 6.42 Å². The Labute approximate surface area is 95.6 Å². The van der Waals surface area contributed by atoms with Crippen LogP contribution < -0.4 is 0 Å². The molecular formula is C15H18O. The van der Waals surface area contributed by atoms with Crippen LogP contribution in [0.15, 0.2) is 0 Å². The molecule has 0 amide bonds. The van der Waals surface area contributed by atoms with Crippen molar-refractivity contribution in [2.45, 2.75) is 6.42 Å². The Kier molecular flexibility index (Phi) is 0.804. The van der Waals surface area contributed by atoms with Crippen molar-refractivity contribution in [2.75, 3.05) is 6.61 Å². The van der Waals surface area contributed by atoms with Crippen LogP contribution in [0.5, 0.6) is 0 Å². The summed E-state index contributed by atoms with van der Waals surface area (Å²) in [6.45, 7) is 0.531. The van der Waals surface area contributed by atoms with Gasteiger partial charge in [-0.05, 0) is 83.4 Å². The second-order valence-electron chi connectivity index (χ2n) is 8.18. The molecule has 0 aromatic carbocycles. The zero-order chi connectivity index (χ0) is 9.92. The van der Waals surface area contributed by atoms with Gasteiger partial charge in [0.15, 0.2) is 0 Å². The van der Waals surface area contributed by atoms with E-state index in [1.165, 1.54) is 35.5 Å². The Morgan fingerprint density at radius 2 is 1.06 bits per heavy atom. The predicted molar refractivity (Wildman–Crippen MR) is 57.1 cm³/mol. The highest BCUT2D eigenvalue weighted by Crippen LogP contribution is 2.93. The summed E-state index contributed by atoms with van der Waals surface area (Å²) < 4.78 is 0. The summed E-state index contributed by atoms with van der Waals surface area (Å²) in [5, 5.41) is 9.75. The maximum absolute atomic E-state index is 9.75. The van der Waals surface area contributed by atoms with Crippen LogP contribution in [0.2, 0.25) is 0 Å². The Morgan fingerprint density at radius 3 is 1.44 bits per heavy atom. The van der Waals surface area contributed by atoms with Crippen molar-refractivity contribution in [1.29, 1.82) is 0 Å². The zero-order valence-electron chi connectivity index (χ0n) is 9.37. The van der Waals surface area contributed by atoms with Gasteiger partial charge in [-0.1, -0.05) is 0 Å². The van der Waals surface area contributed by atoms with Gasteiger partial charge in [0, 0.05) is 6.61 Å². The van der Waals surface area contributed by atoms with E-state index in [4.69, 9.17) is 0 Å². The maximum atomic E-state index is 9.75. The molecule has 13 atom stereocenters. The van der Waals surface area contributed by atoms with Crippen LogP contribution in [0.25, 0.3) is 0 Å². The minimum Gasteiger partial charge on any atom is -0.396 e. The third-order valence-electron chi connectivity index (χ3n) is 9.05. The Bertz CT molecular complexity index is 361. The van der Waals surface area contributed by atoms with Gasteiger partial charge in [-0.15, -0.1) is 0 Å².